The molecule has 78 valence electrons. The molecule has 1 heterocycles. The Hall–Kier alpha value is -1.77. The van der Waals surface area contributed by atoms with Gasteiger partial charge in [-0.25, -0.2) is 0 Å². The van der Waals surface area contributed by atoms with Gasteiger partial charge in [-0.2, -0.15) is 5.10 Å². The molecule has 2 N–H and O–H groups in total. The Morgan fingerprint density at radius 3 is 2.67 bits per heavy atom. The number of nitrogens with two attached hydrogens (primary N) is 1. The fourth-order valence-electron chi connectivity index (χ4n) is 1.66. The quantitative estimate of drug-likeness (QED) is 0.758. The van der Waals surface area contributed by atoms with Gasteiger partial charge in [0.25, 0.3) is 0 Å². The lowest BCUT2D eigenvalue weighted by atomic mass is 10.1. The topological polar surface area (TPSA) is 43.8 Å². The van der Waals surface area contributed by atoms with Crippen LogP contribution in [0.2, 0.25) is 0 Å². The minimum Gasteiger partial charge on any atom is -0.399 e. The van der Waals surface area contributed by atoms with Gasteiger partial charge in [0.1, 0.15) is 0 Å². The zero-order chi connectivity index (χ0) is 10.8. The molecule has 15 heavy (non-hydrogen) atoms. The molecule has 3 nitrogen and oxygen atoms in total. The standard InChI is InChI=1S/C12H15N3/c1-3-15-8-11(7-14-15)10-4-9(2)5-12(13)6-10/h4-8H,3,13H2,1-2H3. The first-order valence-electron chi connectivity index (χ1n) is 5.09. The van der Waals surface area contributed by atoms with Crippen LogP contribution in [0.25, 0.3) is 11.1 Å². The molecule has 1 aromatic heterocycles. The molecular formula is C12H15N3. The number of hydrogen-bond donors (Lipinski definition) is 1. The Kier molecular flexibility index (Phi) is 2.46. The first-order valence-corrected chi connectivity index (χ1v) is 5.09. The van der Waals surface area contributed by atoms with Gasteiger partial charge in [0.2, 0.25) is 0 Å². The first kappa shape index (κ1) is 9.77. The minimum absolute atomic E-state index is 0.800. The van der Waals surface area contributed by atoms with Gasteiger partial charge in [-0.1, -0.05) is 6.07 Å². The number of aryl methyl sites for hydroxylation is 2. The Morgan fingerprint density at radius 1 is 1.27 bits per heavy atom. The van der Waals surface area contributed by atoms with Crippen molar-refractivity contribution in [3.8, 4) is 11.1 Å². The highest BCUT2D eigenvalue weighted by Crippen LogP contribution is 2.22. The maximum absolute atomic E-state index is 5.81. The van der Waals surface area contributed by atoms with Crippen LogP contribution in [0.1, 0.15) is 12.5 Å². The summed E-state index contributed by atoms with van der Waals surface area (Å²) in [7, 11) is 0. The van der Waals surface area contributed by atoms with Crippen molar-refractivity contribution in [2.45, 2.75) is 20.4 Å². The predicted molar refractivity (Wildman–Crippen MR) is 62.5 cm³/mol. The largest absolute Gasteiger partial charge is 0.399 e. The van der Waals surface area contributed by atoms with Crippen LogP contribution < -0.4 is 5.73 Å². The lowest BCUT2D eigenvalue weighted by Crippen LogP contribution is -1.92. The average Bonchev–Trinajstić information content (AvgIpc) is 2.64. The van der Waals surface area contributed by atoms with E-state index >= 15 is 0 Å². The Labute approximate surface area is 89.5 Å². The number of benzene rings is 1. The maximum Gasteiger partial charge on any atom is 0.0568 e. The lowest BCUT2D eigenvalue weighted by molar-refractivity contribution is 0.660. The molecule has 0 radical (unpaired) electrons. The van der Waals surface area contributed by atoms with Crippen LogP contribution >= 0.6 is 0 Å². The second kappa shape index (κ2) is 3.77. The zero-order valence-electron chi connectivity index (χ0n) is 9.07. The Balaban J connectivity index is 2.44. The number of hydrogen-bond acceptors (Lipinski definition) is 2. The minimum atomic E-state index is 0.800. The smallest absolute Gasteiger partial charge is 0.0568 e. The van der Waals surface area contributed by atoms with Gasteiger partial charge in [0, 0.05) is 24.0 Å². The summed E-state index contributed by atoms with van der Waals surface area (Å²) in [6.45, 7) is 5.01. The number of nitrogen functional groups attached to an aromatic ring is 1. The summed E-state index contributed by atoms with van der Waals surface area (Å²) in [5.74, 6) is 0. The van der Waals surface area contributed by atoms with Crippen molar-refractivity contribution in [3.05, 3.63) is 36.2 Å². The molecule has 0 aliphatic rings. The van der Waals surface area contributed by atoms with Crippen LogP contribution in [0.4, 0.5) is 5.69 Å². The molecule has 2 aromatic rings. The van der Waals surface area contributed by atoms with Crippen LogP contribution in [0.5, 0.6) is 0 Å². The van der Waals surface area contributed by atoms with Gasteiger partial charge in [-0.05, 0) is 37.1 Å². The monoisotopic (exact) mass is 201 g/mol. The molecule has 3 heteroatoms. The molecule has 0 aliphatic carbocycles. The van der Waals surface area contributed by atoms with Crippen molar-refractivity contribution in [1.29, 1.82) is 0 Å². The highest BCUT2D eigenvalue weighted by molar-refractivity contribution is 5.67. The molecule has 0 amide bonds. The average molecular weight is 201 g/mol. The van der Waals surface area contributed by atoms with E-state index in [2.05, 4.69) is 18.1 Å². The highest BCUT2D eigenvalue weighted by Gasteiger charge is 2.02. The van der Waals surface area contributed by atoms with E-state index in [1.165, 1.54) is 5.56 Å². The highest BCUT2D eigenvalue weighted by atomic mass is 15.3. The van der Waals surface area contributed by atoms with Crippen molar-refractivity contribution in [2.24, 2.45) is 0 Å². The van der Waals surface area contributed by atoms with E-state index in [0.29, 0.717) is 0 Å². The summed E-state index contributed by atoms with van der Waals surface area (Å²) in [4.78, 5) is 0. The summed E-state index contributed by atoms with van der Waals surface area (Å²) >= 11 is 0. The van der Waals surface area contributed by atoms with Crippen molar-refractivity contribution in [1.82, 2.24) is 9.78 Å². The lowest BCUT2D eigenvalue weighted by Gasteiger charge is -2.01. The maximum atomic E-state index is 5.81. The number of anilines is 1. The molecule has 0 atom stereocenters. The van der Waals surface area contributed by atoms with Crippen LogP contribution in [0.3, 0.4) is 0 Å². The summed E-state index contributed by atoms with van der Waals surface area (Å²) in [6.07, 6.45) is 3.91. The summed E-state index contributed by atoms with van der Waals surface area (Å²) in [5, 5.41) is 4.25. The SMILES string of the molecule is CCn1cc(-c2cc(C)cc(N)c2)cn1. The van der Waals surface area contributed by atoms with Crippen molar-refractivity contribution < 1.29 is 0 Å². The fourth-order valence-corrected chi connectivity index (χ4v) is 1.66. The summed E-state index contributed by atoms with van der Waals surface area (Å²) < 4.78 is 1.91. The van der Waals surface area contributed by atoms with Gasteiger partial charge in [-0.15, -0.1) is 0 Å². The van der Waals surface area contributed by atoms with Crippen molar-refractivity contribution >= 4 is 5.69 Å². The van der Waals surface area contributed by atoms with Crippen LogP contribution in [0.15, 0.2) is 30.6 Å². The second-order valence-electron chi connectivity index (χ2n) is 3.72. The molecule has 0 spiro atoms. The molecular weight excluding hydrogens is 186 g/mol. The third kappa shape index (κ3) is 2.01. The van der Waals surface area contributed by atoms with E-state index in [0.717, 1.165) is 23.4 Å². The van der Waals surface area contributed by atoms with Crippen LogP contribution in [-0.2, 0) is 6.54 Å². The normalized spacial score (nSPS) is 10.5. The molecule has 0 saturated carbocycles. The second-order valence-corrected chi connectivity index (χ2v) is 3.72. The molecule has 2 rings (SSSR count). The van der Waals surface area contributed by atoms with E-state index in [4.69, 9.17) is 5.73 Å². The third-order valence-electron chi connectivity index (χ3n) is 2.39. The number of rotatable bonds is 2. The molecule has 0 unspecified atom stereocenters. The Bertz CT molecular complexity index is 451. The van der Waals surface area contributed by atoms with Gasteiger partial charge in [0.15, 0.2) is 0 Å². The third-order valence-corrected chi connectivity index (χ3v) is 2.39. The summed E-state index contributed by atoms with van der Waals surface area (Å²) in [6, 6.07) is 6.06. The Morgan fingerprint density at radius 2 is 2.07 bits per heavy atom. The van der Waals surface area contributed by atoms with E-state index < -0.39 is 0 Å². The number of aromatic nitrogens is 2. The van der Waals surface area contributed by atoms with Gasteiger partial charge in [-0.3, -0.25) is 4.68 Å². The molecule has 0 aliphatic heterocycles. The van der Waals surface area contributed by atoms with Crippen LogP contribution in [0, 0.1) is 6.92 Å². The predicted octanol–water partition coefficient (Wildman–Crippen LogP) is 2.46. The van der Waals surface area contributed by atoms with Gasteiger partial charge >= 0.3 is 0 Å². The fraction of sp³-hybridized carbons (Fsp3) is 0.250. The van der Waals surface area contributed by atoms with Crippen molar-refractivity contribution in [3.63, 3.8) is 0 Å². The zero-order valence-corrected chi connectivity index (χ0v) is 9.07. The van der Waals surface area contributed by atoms with E-state index in [1.807, 2.05) is 36.1 Å². The van der Waals surface area contributed by atoms with Gasteiger partial charge < -0.3 is 5.73 Å². The van der Waals surface area contributed by atoms with Gasteiger partial charge in [0.05, 0.1) is 6.20 Å². The summed E-state index contributed by atoms with van der Waals surface area (Å²) in [5.41, 5.74) is 10.0. The van der Waals surface area contributed by atoms with E-state index in [9.17, 15) is 0 Å². The number of nitrogens with zero attached hydrogens (tertiary/aromatic N) is 2. The first-order chi connectivity index (χ1) is 7.19. The molecule has 0 bridgehead atoms. The van der Waals surface area contributed by atoms with Crippen LogP contribution in [-0.4, -0.2) is 9.78 Å². The molecule has 1 aromatic carbocycles. The molecule has 0 saturated heterocycles. The van der Waals surface area contributed by atoms with E-state index in [1.54, 1.807) is 0 Å². The van der Waals surface area contributed by atoms with E-state index in [-0.39, 0.29) is 0 Å². The molecule has 0 fully saturated rings. The van der Waals surface area contributed by atoms with Crippen molar-refractivity contribution in [2.75, 3.05) is 5.73 Å².